The Morgan fingerprint density at radius 3 is 2.75 bits per heavy atom. The summed E-state index contributed by atoms with van der Waals surface area (Å²) in [5, 5.41) is 12.5. The number of piperidine rings is 1. The second-order valence-electron chi connectivity index (χ2n) is 5.55. The van der Waals surface area contributed by atoms with Crippen molar-refractivity contribution in [2.75, 3.05) is 18.4 Å². The highest BCUT2D eigenvalue weighted by Gasteiger charge is 2.25. The van der Waals surface area contributed by atoms with Gasteiger partial charge in [-0.2, -0.15) is 0 Å². The van der Waals surface area contributed by atoms with E-state index < -0.39 is 0 Å². The van der Waals surface area contributed by atoms with Crippen LogP contribution in [0, 0.1) is 5.92 Å². The molecule has 110 valence electrons. The lowest BCUT2D eigenvalue weighted by Crippen LogP contribution is -2.42. The van der Waals surface area contributed by atoms with Crippen LogP contribution in [0.15, 0.2) is 24.3 Å². The van der Waals surface area contributed by atoms with Gasteiger partial charge >= 0.3 is 6.03 Å². The van der Waals surface area contributed by atoms with E-state index in [-0.39, 0.29) is 12.1 Å². The van der Waals surface area contributed by atoms with Gasteiger partial charge in [0.05, 0.1) is 6.10 Å². The lowest BCUT2D eigenvalue weighted by atomic mass is 9.92. The van der Waals surface area contributed by atoms with E-state index in [2.05, 4.69) is 18.3 Å². The number of aryl methyl sites for hydroxylation is 1. The number of anilines is 1. The maximum Gasteiger partial charge on any atom is 0.321 e. The third-order valence-electron chi connectivity index (χ3n) is 4.10. The molecule has 1 saturated heterocycles. The van der Waals surface area contributed by atoms with E-state index in [1.54, 1.807) is 0 Å². The van der Waals surface area contributed by atoms with E-state index in [1.807, 2.05) is 30.0 Å². The molecule has 0 saturated carbocycles. The van der Waals surface area contributed by atoms with Gasteiger partial charge in [0, 0.05) is 18.8 Å². The lowest BCUT2D eigenvalue weighted by molar-refractivity contribution is 0.0820. The lowest BCUT2D eigenvalue weighted by Gasteiger charge is -2.33. The topological polar surface area (TPSA) is 52.6 Å². The fraction of sp³-hybridized carbons (Fsp3) is 0.562. The maximum atomic E-state index is 12.2. The maximum absolute atomic E-state index is 12.2. The molecule has 2 amide bonds. The summed E-state index contributed by atoms with van der Waals surface area (Å²) in [6.45, 7) is 5.36. The Kier molecular flexibility index (Phi) is 5.01. The van der Waals surface area contributed by atoms with E-state index in [1.165, 1.54) is 5.56 Å². The van der Waals surface area contributed by atoms with Crippen LogP contribution in [0.4, 0.5) is 10.5 Å². The molecular formula is C16H24N2O2. The van der Waals surface area contributed by atoms with Gasteiger partial charge in [-0.3, -0.25) is 0 Å². The minimum Gasteiger partial charge on any atom is -0.393 e. The molecule has 2 N–H and O–H groups in total. The molecule has 1 atom stereocenters. The molecule has 0 bridgehead atoms. The second kappa shape index (κ2) is 6.75. The van der Waals surface area contributed by atoms with Crippen LogP contribution in [0.2, 0.25) is 0 Å². The molecule has 2 rings (SSSR count). The van der Waals surface area contributed by atoms with Gasteiger partial charge in [0.2, 0.25) is 0 Å². The van der Waals surface area contributed by atoms with Gasteiger partial charge in [-0.05, 0) is 49.8 Å². The predicted octanol–water partition coefficient (Wildman–Crippen LogP) is 2.87. The smallest absolute Gasteiger partial charge is 0.321 e. The molecule has 20 heavy (non-hydrogen) atoms. The van der Waals surface area contributed by atoms with Crippen LogP contribution >= 0.6 is 0 Å². The number of hydrogen-bond donors (Lipinski definition) is 2. The monoisotopic (exact) mass is 276 g/mol. The SMILES string of the molecule is CCc1cccc(NC(=O)N2CCC(C(C)O)CC2)c1. The summed E-state index contributed by atoms with van der Waals surface area (Å²) in [4.78, 5) is 14.0. The minimum atomic E-state index is -0.276. The van der Waals surface area contributed by atoms with Crippen LogP contribution < -0.4 is 5.32 Å². The van der Waals surface area contributed by atoms with Crippen LogP contribution in [0.3, 0.4) is 0 Å². The number of carbonyl (C=O) groups excluding carboxylic acids is 1. The number of nitrogens with one attached hydrogen (secondary N) is 1. The minimum absolute atomic E-state index is 0.0395. The first-order chi connectivity index (χ1) is 9.60. The standard InChI is InChI=1S/C16H24N2O2/c1-3-13-5-4-6-15(11-13)17-16(20)18-9-7-14(8-10-18)12(2)19/h4-6,11-12,14,19H,3,7-10H2,1-2H3,(H,17,20). The van der Waals surface area contributed by atoms with E-state index in [9.17, 15) is 9.90 Å². The Labute approximate surface area is 120 Å². The Morgan fingerprint density at radius 2 is 2.15 bits per heavy atom. The molecule has 1 aliphatic rings. The van der Waals surface area contributed by atoms with Gasteiger partial charge < -0.3 is 15.3 Å². The number of aliphatic hydroxyl groups is 1. The highest BCUT2D eigenvalue weighted by atomic mass is 16.3. The van der Waals surface area contributed by atoms with Crippen LogP contribution in [0.5, 0.6) is 0 Å². The Hall–Kier alpha value is -1.55. The molecular weight excluding hydrogens is 252 g/mol. The highest BCUT2D eigenvalue weighted by Crippen LogP contribution is 2.21. The molecule has 0 radical (unpaired) electrons. The Bertz CT molecular complexity index is 452. The van der Waals surface area contributed by atoms with Crippen molar-refractivity contribution in [3.05, 3.63) is 29.8 Å². The van der Waals surface area contributed by atoms with E-state index >= 15 is 0 Å². The zero-order chi connectivity index (χ0) is 14.5. The predicted molar refractivity (Wildman–Crippen MR) is 80.8 cm³/mol. The fourth-order valence-corrected chi connectivity index (χ4v) is 2.66. The summed E-state index contributed by atoms with van der Waals surface area (Å²) in [5.74, 6) is 0.322. The van der Waals surface area contributed by atoms with Crippen molar-refractivity contribution in [2.24, 2.45) is 5.92 Å². The van der Waals surface area contributed by atoms with Gasteiger partial charge in [0.25, 0.3) is 0 Å². The second-order valence-corrected chi connectivity index (χ2v) is 5.55. The van der Waals surface area contributed by atoms with Crippen molar-refractivity contribution in [3.63, 3.8) is 0 Å². The molecule has 1 heterocycles. The summed E-state index contributed by atoms with van der Waals surface area (Å²) in [6.07, 6.45) is 2.44. The molecule has 1 aromatic carbocycles. The van der Waals surface area contributed by atoms with Crippen LogP contribution in [0.1, 0.15) is 32.3 Å². The summed E-state index contributed by atoms with van der Waals surface area (Å²) < 4.78 is 0. The van der Waals surface area contributed by atoms with Gasteiger partial charge in [-0.15, -0.1) is 0 Å². The molecule has 1 aliphatic heterocycles. The largest absolute Gasteiger partial charge is 0.393 e. The number of amides is 2. The third kappa shape index (κ3) is 3.73. The summed E-state index contributed by atoms with van der Waals surface area (Å²) in [5.41, 5.74) is 2.07. The number of carbonyl (C=O) groups is 1. The molecule has 1 unspecified atom stereocenters. The first kappa shape index (κ1) is 14.9. The average molecular weight is 276 g/mol. The third-order valence-corrected chi connectivity index (χ3v) is 4.10. The molecule has 4 nitrogen and oxygen atoms in total. The van der Waals surface area contributed by atoms with Crippen molar-refractivity contribution in [3.8, 4) is 0 Å². The van der Waals surface area contributed by atoms with Gasteiger partial charge in [-0.25, -0.2) is 4.79 Å². The number of urea groups is 1. The van der Waals surface area contributed by atoms with Crippen molar-refractivity contribution in [2.45, 2.75) is 39.2 Å². The molecule has 1 aromatic rings. The normalized spacial score (nSPS) is 17.9. The van der Waals surface area contributed by atoms with Gasteiger partial charge in [0.1, 0.15) is 0 Å². The Morgan fingerprint density at radius 1 is 1.45 bits per heavy atom. The first-order valence-electron chi connectivity index (χ1n) is 7.43. The van der Waals surface area contributed by atoms with E-state index in [0.717, 1.165) is 38.0 Å². The summed E-state index contributed by atoms with van der Waals surface area (Å²) in [7, 11) is 0. The zero-order valence-corrected chi connectivity index (χ0v) is 12.3. The molecule has 4 heteroatoms. The highest BCUT2D eigenvalue weighted by molar-refractivity contribution is 5.89. The Balaban J connectivity index is 1.89. The number of nitrogens with zero attached hydrogens (tertiary/aromatic N) is 1. The molecule has 0 spiro atoms. The van der Waals surface area contributed by atoms with E-state index in [0.29, 0.717) is 5.92 Å². The van der Waals surface area contributed by atoms with Crippen molar-refractivity contribution < 1.29 is 9.90 Å². The first-order valence-corrected chi connectivity index (χ1v) is 7.43. The van der Waals surface area contributed by atoms with Crippen LogP contribution in [-0.4, -0.2) is 35.2 Å². The van der Waals surface area contributed by atoms with Crippen molar-refractivity contribution in [1.82, 2.24) is 4.90 Å². The van der Waals surface area contributed by atoms with E-state index in [4.69, 9.17) is 0 Å². The van der Waals surface area contributed by atoms with Gasteiger partial charge in [-0.1, -0.05) is 19.1 Å². The molecule has 1 fully saturated rings. The number of benzene rings is 1. The van der Waals surface area contributed by atoms with Crippen LogP contribution in [0.25, 0.3) is 0 Å². The number of hydrogen-bond acceptors (Lipinski definition) is 2. The molecule has 0 aromatic heterocycles. The van der Waals surface area contributed by atoms with Crippen molar-refractivity contribution >= 4 is 11.7 Å². The fourth-order valence-electron chi connectivity index (χ4n) is 2.66. The molecule has 0 aliphatic carbocycles. The number of likely N-dealkylation sites (tertiary alicyclic amines) is 1. The average Bonchev–Trinajstić information content (AvgIpc) is 2.47. The number of aliphatic hydroxyl groups excluding tert-OH is 1. The summed E-state index contributed by atoms with van der Waals surface area (Å²) in [6, 6.07) is 7.92. The number of rotatable bonds is 3. The van der Waals surface area contributed by atoms with Crippen molar-refractivity contribution in [1.29, 1.82) is 0 Å². The zero-order valence-electron chi connectivity index (χ0n) is 12.3. The summed E-state index contributed by atoms with van der Waals surface area (Å²) >= 11 is 0. The van der Waals surface area contributed by atoms with Crippen LogP contribution in [-0.2, 0) is 6.42 Å². The van der Waals surface area contributed by atoms with Gasteiger partial charge in [0.15, 0.2) is 0 Å². The quantitative estimate of drug-likeness (QED) is 0.892.